The third-order valence-electron chi connectivity index (χ3n) is 16.1. The number of amides is 10. The number of benzene rings is 3. The molecule has 2 unspecified atom stereocenters. The normalized spacial score (nSPS) is 14.9. The molecule has 3 aromatic carbocycles. The first-order valence-electron chi connectivity index (χ1n) is 36.7. The van der Waals surface area contributed by atoms with Gasteiger partial charge in [-0.2, -0.15) is 11.8 Å². The molecule has 0 heterocycles. The number of hydrogen-bond donors (Lipinski definition) is 13. The SMILES string of the molecule is CCSSC[C@H](NC(=O)O)C(=O)NCCOCCOCC(=O)N[C@@H](Cc1ccc(OC(C)(C)C)cc1)C(=O)N[C@@H](COC(C)(C)C)C(=O)N[C@H](C(=O)N[C@@H](CO)C(=O)N[C@@H](Cc1ccc(CC(C)(C)C)cc1)C(=O)N[C@@H](Cc1ccccc1)C(=O)N[C@H](C(=O)N[C@@H](CCSC)C(=O)O)C(C)CC)C(C)OC(C)(C)C. The van der Waals surface area contributed by atoms with Crippen LogP contribution in [0.5, 0.6) is 5.75 Å². The van der Waals surface area contributed by atoms with E-state index in [2.05, 4.69) is 73.9 Å². The van der Waals surface area contributed by atoms with E-state index in [1.807, 2.05) is 39.8 Å². The Hall–Kier alpha value is -7.72. The molecule has 0 saturated heterocycles. The number of carboxylic acid groups (broad SMARTS) is 2. The predicted molar refractivity (Wildman–Crippen MR) is 423 cm³/mol. The van der Waals surface area contributed by atoms with Gasteiger partial charge in [0.15, 0.2) is 0 Å². The van der Waals surface area contributed by atoms with Gasteiger partial charge in [-0.15, -0.1) is 0 Å². The highest BCUT2D eigenvalue weighted by Crippen LogP contribution is 2.24. The van der Waals surface area contributed by atoms with Crippen LogP contribution in [0.3, 0.4) is 0 Å². The molecule has 3 rings (SSSR count). The van der Waals surface area contributed by atoms with Gasteiger partial charge in [-0.05, 0) is 140 Å². The van der Waals surface area contributed by atoms with Crippen LogP contribution in [0.25, 0.3) is 0 Å². The third kappa shape index (κ3) is 39.2. The highest BCUT2D eigenvalue weighted by atomic mass is 33.1. The van der Waals surface area contributed by atoms with Crippen molar-refractivity contribution in [1.82, 2.24) is 53.2 Å². The zero-order valence-electron chi connectivity index (χ0n) is 66.3. The fraction of sp³-hybridized carbons (Fsp3) is 0.623. The zero-order chi connectivity index (χ0) is 81.8. The van der Waals surface area contributed by atoms with Crippen molar-refractivity contribution in [2.24, 2.45) is 11.3 Å². The van der Waals surface area contributed by atoms with Crippen molar-refractivity contribution in [3.8, 4) is 5.75 Å². The number of carboxylic acids is 1. The van der Waals surface area contributed by atoms with Gasteiger partial charge in [0.05, 0.1) is 50.3 Å². The molecule has 0 aliphatic heterocycles. The molecule has 11 atom stereocenters. The largest absolute Gasteiger partial charge is 0.488 e. The maximum atomic E-state index is 15.1. The van der Waals surface area contributed by atoms with E-state index in [1.54, 1.807) is 128 Å². The van der Waals surface area contributed by atoms with Crippen LogP contribution in [-0.4, -0.2) is 228 Å². The number of aliphatic hydroxyl groups excluding tert-OH is 1. The number of hydrogen-bond acceptors (Lipinski definition) is 20. The first-order chi connectivity index (χ1) is 51.0. The van der Waals surface area contributed by atoms with Crippen molar-refractivity contribution >= 4 is 98.6 Å². The second-order valence-corrected chi connectivity index (χ2v) is 34.4. The van der Waals surface area contributed by atoms with E-state index < -0.39 is 168 Å². The highest BCUT2D eigenvalue weighted by molar-refractivity contribution is 8.76. The van der Waals surface area contributed by atoms with Crippen molar-refractivity contribution in [2.75, 3.05) is 69.7 Å². The fourth-order valence-corrected chi connectivity index (χ4v) is 13.0. The van der Waals surface area contributed by atoms with Crippen LogP contribution >= 0.6 is 33.3 Å². The summed E-state index contributed by atoms with van der Waals surface area (Å²) in [5.74, 6) is -7.41. The van der Waals surface area contributed by atoms with Gasteiger partial charge in [-0.1, -0.05) is 136 Å². The molecule has 0 radical (unpaired) electrons. The van der Waals surface area contributed by atoms with Gasteiger partial charge >= 0.3 is 12.1 Å². The predicted octanol–water partition coefficient (Wildman–Crippen LogP) is 5.44. The third-order valence-corrected chi connectivity index (χ3v) is 19.3. The summed E-state index contributed by atoms with van der Waals surface area (Å²) in [7, 11) is 2.84. The van der Waals surface area contributed by atoms with Crippen LogP contribution in [0.2, 0.25) is 0 Å². The zero-order valence-corrected chi connectivity index (χ0v) is 68.7. The smallest absolute Gasteiger partial charge is 0.405 e. The maximum absolute atomic E-state index is 15.1. The molecule has 0 bridgehead atoms. The summed E-state index contributed by atoms with van der Waals surface area (Å²) in [6.45, 7) is 27.0. The Balaban J connectivity index is 2.02. The Morgan fingerprint density at radius 1 is 0.486 bits per heavy atom. The lowest BCUT2D eigenvalue weighted by Crippen LogP contribution is -2.63. The Kier molecular flexibility index (Phi) is 41.6. The van der Waals surface area contributed by atoms with E-state index >= 15 is 4.79 Å². The number of ether oxygens (including phenoxy) is 5. The minimum absolute atomic E-state index is 0.00991. The topological polar surface area (TPSA) is 415 Å². The molecule has 32 heteroatoms. The number of aliphatic hydroxyl groups is 1. The summed E-state index contributed by atoms with van der Waals surface area (Å²) in [4.78, 5) is 153. The average Bonchev–Trinajstić information content (AvgIpc) is 0.833. The van der Waals surface area contributed by atoms with Gasteiger partial charge in [0.1, 0.15) is 72.3 Å². The standard InChI is InChI=1S/C77H120N10O19S3/c1-18-47(3)62(70(96)80-54(72(98)99)33-38-107-17)86-67(93)57(39-49-23-21-20-22-24-49)81-66(92)56(41-50-25-27-52(28-26-50)42-74(5,6)7)82-68(94)58(43-88)83-71(97)63(48(4)105-76(11,12)13)87-69(95)59(44-104-75(8,9)10)84-65(91)55(40-51-29-31-53(32-30-51)106-77(14,15)16)79-61(89)45-103-37-36-102-35-34-78-64(90)60(85-73(100)101)46-109-108-19-2/h20-32,47-48,54-60,62-63,85,88H,18-19,33-46H2,1-17H3,(H,78,90)(H,79,89)(H,80,96)(H,81,92)(H,82,94)(H,83,97)(H,84,91)(H,86,93)(H,87,95)(H,98,99)(H,100,101)/t47?,48?,54-,55-,56-,57-,58-,59-,60-,62-,63-/m0/s1. The molecule has 109 heavy (non-hydrogen) atoms. The molecule has 3 aromatic rings. The van der Waals surface area contributed by atoms with Gasteiger partial charge in [-0.3, -0.25) is 43.2 Å². The van der Waals surface area contributed by atoms with E-state index in [0.717, 1.165) is 11.3 Å². The van der Waals surface area contributed by atoms with Crippen LogP contribution in [0, 0.1) is 11.3 Å². The summed E-state index contributed by atoms with van der Waals surface area (Å²) < 4.78 is 29.5. The fourth-order valence-electron chi connectivity index (χ4n) is 10.7. The lowest BCUT2D eigenvalue weighted by Gasteiger charge is -2.33. The average molecular weight is 1590 g/mol. The number of aliphatic carboxylic acids is 1. The molecule has 610 valence electrons. The van der Waals surface area contributed by atoms with Crippen molar-refractivity contribution in [3.05, 3.63) is 101 Å². The second-order valence-electron chi connectivity index (χ2n) is 30.6. The molecule has 0 aliphatic carbocycles. The second kappa shape index (κ2) is 47.5. The van der Waals surface area contributed by atoms with Crippen LogP contribution in [0.15, 0.2) is 78.9 Å². The van der Waals surface area contributed by atoms with E-state index in [1.165, 1.54) is 40.3 Å². The number of nitrogens with one attached hydrogen (secondary N) is 10. The number of carbonyl (C=O) groups is 11. The molecule has 0 saturated carbocycles. The van der Waals surface area contributed by atoms with Gasteiger partial charge in [0, 0.05) is 37.3 Å². The van der Waals surface area contributed by atoms with Crippen molar-refractivity contribution < 1.29 is 91.7 Å². The molecule has 0 fully saturated rings. The summed E-state index contributed by atoms with van der Waals surface area (Å²) in [6, 6.07) is 10.0. The van der Waals surface area contributed by atoms with Crippen molar-refractivity contribution in [2.45, 2.75) is 227 Å². The summed E-state index contributed by atoms with van der Waals surface area (Å²) in [6.07, 6.45) is 0.0749. The molecule has 29 nitrogen and oxygen atoms in total. The van der Waals surface area contributed by atoms with E-state index in [0.29, 0.717) is 41.0 Å². The van der Waals surface area contributed by atoms with Crippen molar-refractivity contribution in [1.29, 1.82) is 0 Å². The summed E-state index contributed by atoms with van der Waals surface area (Å²) >= 11 is 1.40. The molecular formula is C77H120N10O19S3. The molecule has 0 aliphatic rings. The van der Waals surface area contributed by atoms with E-state index in [4.69, 9.17) is 23.7 Å². The molecule has 13 N–H and O–H groups in total. The Bertz CT molecular complexity index is 3370. The molecule has 10 amide bonds. The van der Waals surface area contributed by atoms with Gasteiger partial charge in [0.25, 0.3) is 0 Å². The van der Waals surface area contributed by atoms with Crippen LogP contribution in [0.1, 0.15) is 146 Å². The van der Waals surface area contributed by atoms with Gasteiger partial charge in [0.2, 0.25) is 53.2 Å². The van der Waals surface area contributed by atoms with Crippen LogP contribution in [0.4, 0.5) is 4.79 Å². The quantitative estimate of drug-likeness (QED) is 0.0247. The number of rotatable bonds is 48. The Labute approximate surface area is 654 Å². The molecule has 0 aromatic heterocycles. The lowest BCUT2D eigenvalue weighted by atomic mass is 9.87. The molecular weight excluding hydrogens is 1470 g/mol. The van der Waals surface area contributed by atoms with Crippen LogP contribution in [-0.2, 0) is 92.6 Å². The van der Waals surface area contributed by atoms with E-state index in [-0.39, 0.29) is 63.2 Å². The first-order valence-corrected chi connectivity index (χ1v) is 40.6. The number of carbonyl (C=O) groups excluding carboxylic acids is 9. The monoisotopic (exact) mass is 1580 g/mol. The van der Waals surface area contributed by atoms with Gasteiger partial charge in [-0.25, -0.2) is 9.59 Å². The minimum atomic E-state index is -1.82. The van der Waals surface area contributed by atoms with Crippen LogP contribution < -0.4 is 57.9 Å². The van der Waals surface area contributed by atoms with Gasteiger partial charge < -0.3 is 92.2 Å². The van der Waals surface area contributed by atoms with E-state index in [9.17, 15) is 63.3 Å². The Morgan fingerprint density at radius 2 is 0.972 bits per heavy atom. The molecule has 0 spiro atoms. The summed E-state index contributed by atoms with van der Waals surface area (Å²) in [5.41, 5.74) is 0.256. The first kappa shape index (κ1) is 95.5. The highest BCUT2D eigenvalue weighted by Gasteiger charge is 2.39. The number of thioether (sulfide) groups is 1. The minimum Gasteiger partial charge on any atom is -0.488 e. The summed E-state index contributed by atoms with van der Waals surface area (Å²) in [5, 5.41) is 56.5. The Morgan fingerprint density at radius 3 is 1.49 bits per heavy atom. The van der Waals surface area contributed by atoms with Crippen molar-refractivity contribution in [3.63, 3.8) is 0 Å². The lowest BCUT2D eigenvalue weighted by molar-refractivity contribution is -0.143. The maximum Gasteiger partial charge on any atom is 0.405 e.